The number of nitrogens with zero attached hydrogens (tertiary/aromatic N) is 2. The van der Waals surface area contributed by atoms with Gasteiger partial charge in [0, 0.05) is 34.4 Å². The van der Waals surface area contributed by atoms with Crippen LogP contribution in [0, 0.1) is 6.92 Å². The van der Waals surface area contributed by atoms with E-state index in [2.05, 4.69) is 14.7 Å². The van der Waals surface area contributed by atoms with Crippen LogP contribution in [-0.4, -0.2) is 33.1 Å². The van der Waals surface area contributed by atoms with Gasteiger partial charge in [-0.3, -0.25) is 19.3 Å². The van der Waals surface area contributed by atoms with Gasteiger partial charge >= 0.3 is 0 Å². The Kier molecular flexibility index (Phi) is 7.15. The summed E-state index contributed by atoms with van der Waals surface area (Å²) in [4.78, 5) is 45.0. The fourth-order valence-electron chi connectivity index (χ4n) is 5.14. The zero-order chi connectivity index (χ0) is 26.8. The molecule has 2 aromatic carbocycles. The number of aryl methyl sites for hydroxylation is 1. The number of anilines is 2. The zero-order valence-electron chi connectivity index (χ0n) is 21.1. The lowest BCUT2D eigenvalue weighted by Gasteiger charge is -2.33. The summed E-state index contributed by atoms with van der Waals surface area (Å²) in [6.45, 7) is 1.92. The summed E-state index contributed by atoms with van der Waals surface area (Å²) in [7, 11) is 0. The van der Waals surface area contributed by atoms with Crippen LogP contribution >= 0.6 is 11.5 Å². The molecule has 196 valence electrons. The van der Waals surface area contributed by atoms with Crippen molar-refractivity contribution < 1.29 is 14.4 Å². The molecule has 10 heteroatoms. The summed E-state index contributed by atoms with van der Waals surface area (Å²) >= 11 is 0.799. The molecule has 1 aliphatic carbocycles. The molecule has 3 amide bonds. The van der Waals surface area contributed by atoms with E-state index in [9.17, 15) is 14.4 Å². The summed E-state index contributed by atoms with van der Waals surface area (Å²) in [5, 5.41) is 4.05. The maximum Gasteiger partial charge on any atom is 0.273 e. The van der Waals surface area contributed by atoms with Crippen LogP contribution in [0.3, 0.4) is 0 Å². The first-order chi connectivity index (χ1) is 18.3. The third kappa shape index (κ3) is 4.87. The Labute approximate surface area is 224 Å². The van der Waals surface area contributed by atoms with Crippen LogP contribution in [0.1, 0.15) is 69.4 Å². The maximum atomic E-state index is 14.3. The van der Waals surface area contributed by atoms with Gasteiger partial charge in [-0.2, -0.15) is 4.37 Å². The summed E-state index contributed by atoms with van der Waals surface area (Å²) in [5.41, 5.74) is 14.3. The minimum Gasteiger partial charge on any atom is -0.395 e. The van der Waals surface area contributed by atoms with Gasteiger partial charge < -0.3 is 21.8 Å². The molecule has 9 nitrogen and oxygen atoms in total. The molecule has 4 aromatic rings. The van der Waals surface area contributed by atoms with E-state index >= 15 is 0 Å². The Bertz CT molecular complexity index is 1500. The van der Waals surface area contributed by atoms with Crippen molar-refractivity contribution in [3.8, 4) is 0 Å². The van der Waals surface area contributed by atoms with Crippen LogP contribution in [0.15, 0.2) is 54.7 Å². The molecule has 0 aliphatic heterocycles. The number of primary amides is 1. The van der Waals surface area contributed by atoms with Crippen molar-refractivity contribution in [2.75, 3.05) is 10.6 Å². The largest absolute Gasteiger partial charge is 0.395 e. The molecule has 0 bridgehead atoms. The van der Waals surface area contributed by atoms with Crippen molar-refractivity contribution in [2.45, 2.75) is 51.1 Å². The smallest absolute Gasteiger partial charge is 0.273 e. The normalized spacial score (nSPS) is 14.8. The molecule has 2 aromatic heterocycles. The van der Waals surface area contributed by atoms with Crippen molar-refractivity contribution in [3.05, 3.63) is 76.4 Å². The molecule has 1 fully saturated rings. The molecule has 0 radical (unpaired) electrons. The summed E-state index contributed by atoms with van der Waals surface area (Å²) in [6, 6.07) is 14.1. The average molecular weight is 531 g/mol. The van der Waals surface area contributed by atoms with E-state index < -0.39 is 17.9 Å². The molecule has 38 heavy (non-hydrogen) atoms. The fourth-order valence-corrected chi connectivity index (χ4v) is 5.89. The van der Waals surface area contributed by atoms with Crippen molar-refractivity contribution in [1.82, 2.24) is 14.7 Å². The number of hydrogen-bond donors (Lipinski definition) is 4. The molecule has 0 spiro atoms. The number of nitrogens with one attached hydrogen (secondary N) is 2. The molecule has 1 saturated carbocycles. The number of aromatic nitrogens is 2. The van der Waals surface area contributed by atoms with E-state index in [4.69, 9.17) is 11.5 Å². The van der Waals surface area contributed by atoms with E-state index in [1.54, 1.807) is 12.3 Å². The maximum absolute atomic E-state index is 14.3. The zero-order valence-corrected chi connectivity index (χ0v) is 21.9. The van der Waals surface area contributed by atoms with Crippen molar-refractivity contribution in [3.63, 3.8) is 0 Å². The number of nitrogen functional groups attached to an aromatic ring is 1. The summed E-state index contributed by atoms with van der Waals surface area (Å²) in [6.07, 6.45) is 6.83. The highest BCUT2D eigenvalue weighted by Crippen LogP contribution is 2.36. The van der Waals surface area contributed by atoms with Crippen LogP contribution in [0.4, 0.5) is 11.4 Å². The van der Waals surface area contributed by atoms with E-state index in [1.165, 1.54) is 4.90 Å². The van der Waals surface area contributed by atoms with E-state index in [1.807, 2.05) is 49.4 Å². The second kappa shape index (κ2) is 10.7. The lowest BCUT2D eigenvalue weighted by molar-refractivity contribution is -0.123. The van der Waals surface area contributed by atoms with E-state index in [0.29, 0.717) is 11.3 Å². The van der Waals surface area contributed by atoms with Crippen LogP contribution < -0.4 is 21.7 Å². The number of benzene rings is 2. The second-order valence-corrected chi connectivity index (χ2v) is 10.5. The highest BCUT2D eigenvalue weighted by Gasteiger charge is 2.38. The number of rotatable bonds is 7. The lowest BCUT2D eigenvalue weighted by Crippen LogP contribution is -2.47. The van der Waals surface area contributed by atoms with Gasteiger partial charge in [-0.25, -0.2) is 0 Å². The first kappa shape index (κ1) is 25.5. The van der Waals surface area contributed by atoms with Gasteiger partial charge in [-0.1, -0.05) is 49.6 Å². The Hall–Kier alpha value is -4.18. The van der Waals surface area contributed by atoms with Gasteiger partial charge in [-0.15, -0.1) is 0 Å². The number of carbonyl (C=O) groups is 3. The molecule has 0 saturated heterocycles. The predicted molar refractivity (Wildman–Crippen MR) is 149 cm³/mol. The first-order valence-electron chi connectivity index (χ1n) is 12.7. The van der Waals surface area contributed by atoms with Crippen LogP contribution in [0.25, 0.3) is 10.9 Å². The number of H-pyrrole nitrogens is 1. The molecule has 6 N–H and O–H groups in total. The van der Waals surface area contributed by atoms with Crippen molar-refractivity contribution >= 4 is 51.5 Å². The molecule has 2 heterocycles. The number of fused-ring (bicyclic) bond motifs is 1. The van der Waals surface area contributed by atoms with Crippen molar-refractivity contribution in [2.24, 2.45) is 5.73 Å². The lowest BCUT2D eigenvalue weighted by atomic mass is 9.94. The van der Waals surface area contributed by atoms with Gasteiger partial charge in [-0.05, 0) is 55.1 Å². The highest BCUT2D eigenvalue weighted by atomic mass is 32.1. The van der Waals surface area contributed by atoms with E-state index in [-0.39, 0.29) is 28.2 Å². The van der Waals surface area contributed by atoms with Crippen LogP contribution in [0.5, 0.6) is 0 Å². The predicted octanol–water partition coefficient (Wildman–Crippen LogP) is 4.45. The third-order valence-corrected chi connectivity index (χ3v) is 7.88. The van der Waals surface area contributed by atoms with Gasteiger partial charge in [0.2, 0.25) is 5.91 Å². The molecule has 0 unspecified atom stereocenters. The number of para-hydroxylation sites is 1. The first-order valence-corrected chi connectivity index (χ1v) is 13.4. The van der Waals surface area contributed by atoms with Gasteiger partial charge in [0.25, 0.3) is 11.8 Å². The van der Waals surface area contributed by atoms with Gasteiger partial charge in [0.05, 0.1) is 5.69 Å². The number of hydrogen-bond acceptors (Lipinski definition) is 6. The molecular weight excluding hydrogens is 500 g/mol. The number of nitrogens with two attached hydrogens (primary N) is 2. The number of carbonyl (C=O) groups excluding carboxylic acids is 3. The second-order valence-electron chi connectivity index (χ2n) is 9.69. The average Bonchev–Trinajstić information content (AvgIpc) is 3.51. The quantitative estimate of drug-likeness (QED) is 0.279. The highest BCUT2D eigenvalue weighted by molar-refractivity contribution is 7.09. The standard InChI is InChI=1S/C28H30N6O3S/c1-16-8-7-11-18(14-16)34(28(37)25-22(29)23(26(30)35)33-38-25)24(27(36)32-17-9-3-2-4-10-17)20-15-31-21-13-6-5-12-19(20)21/h5-8,11-15,17,24,31H,2-4,9-10,29H2,1H3,(H2,30,35)(H,32,36)/t24-/m0/s1. The van der Waals surface area contributed by atoms with Gasteiger partial charge in [0.15, 0.2) is 5.69 Å². The molecular formula is C28H30N6O3S. The number of aromatic amines is 1. The monoisotopic (exact) mass is 530 g/mol. The fraction of sp³-hybridized carbons (Fsp3) is 0.286. The summed E-state index contributed by atoms with van der Waals surface area (Å²) < 4.78 is 4.03. The third-order valence-electron chi connectivity index (χ3n) is 7.03. The minimum absolute atomic E-state index is 0.0355. The summed E-state index contributed by atoms with van der Waals surface area (Å²) in [5.74, 6) is -1.63. The SMILES string of the molecule is Cc1cccc(N(C(=O)c2snc(C(N)=O)c2N)[C@H](C(=O)NC2CCCCC2)c2c[nH]c3ccccc23)c1. The topological polar surface area (TPSA) is 147 Å². The Morgan fingerprint density at radius 1 is 1.11 bits per heavy atom. The minimum atomic E-state index is -1.01. The molecule has 1 aliphatic rings. The van der Waals surface area contributed by atoms with E-state index in [0.717, 1.165) is 60.1 Å². The van der Waals surface area contributed by atoms with Crippen LogP contribution in [-0.2, 0) is 4.79 Å². The molecule has 1 atom stereocenters. The Balaban J connectivity index is 1.67. The number of amides is 3. The van der Waals surface area contributed by atoms with Crippen LogP contribution in [0.2, 0.25) is 0 Å². The van der Waals surface area contributed by atoms with Gasteiger partial charge in [0.1, 0.15) is 10.9 Å². The molecule has 5 rings (SSSR count). The van der Waals surface area contributed by atoms with Crippen molar-refractivity contribution in [1.29, 1.82) is 0 Å². The Morgan fingerprint density at radius 3 is 2.58 bits per heavy atom. The Morgan fingerprint density at radius 2 is 1.87 bits per heavy atom.